The largest absolute Gasteiger partial charge is 0.534 e. The van der Waals surface area contributed by atoms with Gasteiger partial charge in [0.05, 0.1) is 18.7 Å². The van der Waals surface area contributed by atoms with Crippen LogP contribution in [0.2, 0.25) is 0 Å². The molecule has 0 saturated carbocycles. The number of aromatic nitrogens is 1. The highest BCUT2D eigenvalue weighted by atomic mass is 32.2. The third-order valence-corrected chi connectivity index (χ3v) is 4.97. The summed E-state index contributed by atoms with van der Waals surface area (Å²) < 4.78 is 89.2. The molecule has 11 heteroatoms. The Morgan fingerprint density at radius 2 is 1.68 bits per heavy atom. The average molecular weight is 459 g/mol. The molecule has 0 radical (unpaired) electrons. The number of hydrogen-bond donors (Lipinski definition) is 0. The number of rotatable bonds is 9. The van der Waals surface area contributed by atoms with Crippen molar-refractivity contribution >= 4 is 21.0 Å². The van der Waals surface area contributed by atoms with Crippen molar-refractivity contribution in [1.29, 1.82) is 0 Å². The summed E-state index contributed by atoms with van der Waals surface area (Å²) in [7, 11) is -5.93. The second-order valence-corrected chi connectivity index (χ2v) is 7.89. The lowest BCUT2D eigenvalue weighted by molar-refractivity contribution is -0.0501. The highest BCUT2D eigenvalue weighted by molar-refractivity contribution is 7.87. The molecule has 31 heavy (non-hydrogen) atoms. The highest BCUT2D eigenvalue weighted by Crippen LogP contribution is 2.32. The smallest absolute Gasteiger partial charge is 0.484 e. The van der Waals surface area contributed by atoms with Crippen LogP contribution in [0.25, 0.3) is 10.9 Å². The van der Waals surface area contributed by atoms with Crippen LogP contribution >= 0.6 is 0 Å². The molecule has 0 aliphatic rings. The first-order valence-corrected chi connectivity index (χ1v) is 10.4. The number of nitrogens with zero attached hydrogens (tertiary/aromatic N) is 1. The van der Waals surface area contributed by atoms with E-state index in [2.05, 4.69) is 9.17 Å². The molecule has 0 fully saturated rings. The third kappa shape index (κ3) is 5.82. The van der Waals surface area contributed by atoms with E-state index in [-0.39, 0.29) is 24.5 Å². The van der Waals surface area contributed by atoms with E-state index in [4.69, 9.17) is 9.47 Å². The van der Waals surface area contributed by atoms with Gasteiger partial charge in [-0.25, -0.2) is 9.37 Å². The molecule has 1 atom stereocenters. The standard InChI is InChI=1S/C20H17F4NO5S/c21-11-15(13-28-12-14-6-2-1-3-7-14)29-18-10-19(30-31(26,27)20(22,23)24)25-17-9-5-4-8-16(17)18/h1-10,15H,11-13H2. The number of ether oxygens (including phenoxy) is 2. The van der Waals surface area contributed by atoms with E-state index in [9.17, 15) is 26.0 Å². The van der Waals surface area contributed by atoms with Gasteiger partial charge >= 0.3 is 15.6 Å². The minimum Gasteiger partial charge on any atom is -0.484 e. The van der Waals surface area contributed by atoms with E-state index in [1.165, 1.54) is 12.1 Å². The van der Waals surface area contributed by atoms with E-state index in [0.717, 1.165) is 11.6 Å². The Kier molecular flexibility index (Phi) is 6.96. The summed E-state index contributed by atoms with van der Waals surface area (Å²) in [4.78, 5) is 3.76. The first-order chi connectivity index (χ1) is 14.7. The number of para-hydroxylation sites is 1. The van der Waals surface area contributed by atoms with Crippen molar-refractivity contribution in [2.75, 3.05) is 13.3 Å². The lowest BCUT2D eigenvalue weighted by Crippen LogP contribution is -2.28. The Hall–Kier alpha value is -2.92. The summed E-state index contributed by atoms with van der Waals surface area (Å²) in [5, 5.41) is 0.334. The van der Waals surface area contributed by atoms with Gasteiger partial charge < -0.3 is 13.7 Å². The fourth-order valence-corrected chi connectivity index (χ4v) is 3.00. The zero-order valence-electron chi connectivity index (χ0n) is 15.9. The predicted octanol–water partition coefficient (Wildman–Crippen LogP) is 4.40. The van der Waals surface area contributed by atoms with Crippen LogP contribution in [0.1, 0.15) is 5.56 Å². The van der Waals surface area contributed by atoms with Crippen molar-refractivity contribution in [2.45, 2.75) is 18.2 Å². The zero-order valence-corrected chi connectivity index (χ0v) is 16.7. The lowest BCUT2D eigenvalue weighted by Gasteiger charge is -2.18. The van der Waals surface area contributed by atoms with Gasteiger partial charge in [-0.2, -0.15) is 21.6 Å². The number of benzene rings is 2. The van der Waals surface area contributed by atoms with E-state index in [0.29, 0.717) is 5.39 Å². The molecular weight excluding hydrogens is 442 g/mol. The minimum absolute atomic E-state index is 0.0936. The maximum Gasteiger partial charge on any atom is 0.534 e. The molecule has 0 amide bonds. The second-order valence-electron chi connectivity index (χ2n) is 6.35. The molecule has 0 bridgehead atoms. The van der Waals surface area contributed by atoms with E-state index >= 15 is 0 Å². The van der Waals surface area contributed by atoms with Gasteiger partial charge in [-0.05, 0) is 17.7 Å². The van der Waals surface area contributed by atoms with Crippen LogP contribution in [0.4, 0.5) is 17.6 Å². The Morgan fingerprint density at radius 3 is 2.35 bits per heavy atom. The molecule has 0 saturated heterocycles. The quantitative estimate of drug-likeness (QED) is 0.268. The first-order valence-electron chi connectivity index (χ1n) is 8.94. The molecule has 0 spiro atoms. The molecule has 0 N–H and O–H groups in total. The zero-order chi connectivity index (χ0) is 22.5. The Balaban J connectivity index is 1.80. The number of halogens is 4. The topological polar surface area (TPSA) is 74.7 Å². The molecule has 1 aromatic heterocycles. The number of alkyl halides is 4. The Bertz CT molecular complexity index is 1120. The van der Waals surface area contributed by atoms with Gasteiger partial charge in [0.15, 0.2) is 6.10 Å². The van der Waals surface area contributed by atoms with Crippen LogP contribution in [0.15, 0.2) is 60.7 Å². The summed E-state index contributed by atoms with van der Waals surface area (Å²) in [6.07, 6.45) is -1.10. The van der Waals surface area contributed by atoms with E-state index in [1.807, 2.05) is 30.3 Å². The molecule has 3 rings (SSSR count). The molecular formula is C20H17F4NO5S. The number of pyridine rings is 1. The molecule has 1 unspecified atom stereocenters. The minimum atomic E-state index is -5.93. The molecule has 2 aromatic carbocycles. The lowest BCUT2D eigenvalue weighted by atomic mass is 10.2. The maximum atomic E-state index is 13.5. The van der Waals surface area contributed by atoms with Crippen LogP contribution < -0.4 is 8.92 Å². The van der Waals surface area contributed by atoms with Gasteiger partial charge in [-0.1, -0.05) is 42.5 Å². The summed E-state index contributed by atoms with van der Waals surface area (Å²) in [5.41, 5.74) is -4.66. The van der Waals surface area contributed by atoms with Crippen molar-refractivity contribution in [2.24, 2.45) is 0 Å². The number of fused-ring (bicyclic) bond motifs is 1. The second kappa shape index (κ2) is 9.48. The molecule has 1 heterocycles. The Morgan fingerprint density at radius 1 is 1.00 bits per heavy atom. The first kappa shape index (κ1) is 22.8. The summed E-state index contributed by atoms with van der Waals surface area (Å²) in [6.45, 7) is -0.905. The van der Waals surface area contributed by atoms with Gasteiger partial charge in [0.2, 0.25) is 5.88 Å². The monoisotopic (exact) mass is 459 g/mol. The van der Waals surface area contributed by atoms with Crippen LogP contribution in [-0.2, 0) is 21.5 Å². The van der Waals surface area contributed by atoms with Crippen LogP contribution in [0.3, 0.4) is 0 Å². The summed E-state index contributed by atoms with van der Waals surface area (Å²) in [5.74, 6) is -0.947. The third-order valence-electron chi connectivity index (χ3n) is 4.01. The van der Waals surface area contributed by atoms with Crippen LogP contribution in [0, 0.1) is 0 Å². The van der Waals surface area contributed by atoms with Crippen molar-refractivity contribution in [3.63, 3.8) is 0 Å². The van der Waals surface area contributed by atoms with E-state index < -0.39 is 34.3 Å². The fraction of sp³-hybridized carbons (Fsp3) is 0.250. The SMILES string of the molecule is O=S(=O)(Oc1cc(OC(CF)COCc2ccccc2)c2ccccc2n1)C(F)(F)F. The van der Waals surface area contributed by atoms with Gasteiger partial charge in [0.25, 0.3) is 0 Å². The van der Waals surface area contributed by atoms with Crippen LogP contribution in [0.5, 0.6) is 11.6 Å². The maximum absolute atomic E-state index is 13.5. The molecule has 166 valence electrons. The molecule has 3 aromatic rings. The molecule has 6 nitrogen and oxygen atoms in total. The van der Waals surface area contributed by atoms with Gasteiger partial charge in [0.1, 0.15) is 12.4 Å². The fourth-order valence-electron chi connectivity index (χ4n) is 2.59. The van der Waals surface area contributed by atoms with Crippen molar-refractivity contribution in [3.8, 4) is 11.6 Å². The highest BCUT2D eigenvalue weighted by Gasteiger charge is 2.49. The summed E-state index contributed by atoms with van der Waals surface area (Å²) in [6, 6.07) is 16.1. The van der Waals surface area contributed by atoms with Crippen molar-refractivity contribution < 1.29 is 39.6 Å². The van der Waals surface area contributed by atoms with Gasteiger partial charge in [-0.15, -0.1) is 0 Å². The van der Waals surface area contributed by atoms with E-state index in [1.54, 1.807) is 12.1 Å². The molecule has 0 aliphatic carbocycles. The van der Waals surface area contributed by atoms with Crippen LogP contribution in [-0.4, -0.2) is 38.3 Å². The van der Waals surface area contributed by atoms with Crippen molar-refractivity contribution in [3.05, 3.63) is 66.2 Å². The molecule has 0 aliphatic heterocycles. The number of hydrogen-bond acceptors (Lipinski definition) is 6. The normalized spacial score (nSPS) is 13.2. The Labute approximate surface area is 175 Å². The predicted molar refractivity (Wildman–Crippen MR) is 104 cm³/mol. The summed E-state index contributed by atoms with van der Waals surface area (Å²) >= 11 is 0. The van der Waals surface area contributed by atoms with Gasteiger partial charge in [0, 0.05) is 11.5 Å². The van der Waals surface area contributed by atoms with Gasteiger partial charge in [-0.3, -0.25) is 0 Å². The average Bonchev–Trinajstić information content (AvgIpc) is 2.72. The van der Waals surface area contributed by atoms with Crippen molar-refractivity contribution in [1.82, 2.24) is 4.98 Å².